The number of ketones is 1. The summed E-state index contributed by atoms with van der Waals surface area (Å²) in [6.07, 6.45) is 3.25. The Bertz CT molecular complexity index is 788. The zero-order valence-electron chi connectivity index (χ0n) is 11.4. The lowest BCUT2D eigenvalue weighted by molar-refractivity contribution is 0.103. The number of nitrogens with zero attached hydrogens (tertiary/aromatic N) is 3. The highest BCUT2D eigenvalue weighted by molar-refractivity contribution is 6.11. The Kier molecular flexibility index (Phi) is 3.27. The van der Waals surface area contributed by atoms with E-state index in [-0.39, 0.29) is 17.1 Å². The zero-order valence-corrected chi connectivity index (χ0v) is 11.4. The molecule has 3 rings (SSSR count). The van der Waals surface area contributed by atoms with Gasteiger partial charge in [0, 0.05) is 18.3 Å². The maximum absolute atomic E-state index is 12.4. The minimum absolute atomic E-state index is 0.0259. The number of nitrogens with one attached hydrogen (secondary N) is 1. The first-order chi connectivity index (χ1) is 10.2. The minimum Gasteiger partial charge on any atom is -0.507 e. The van der Waals surface area contributed by atoms with E-state index in [4.69, 9.17) is 0 Å². The Hall–Kier alpha value is -2.89. The maximum atomic E-state index is 12.4. The summed E-state index contributed by atoms with van der Waals surface area (Å²) in [5, 5.41) is 17.7. The van der Waals surface area contributed by atoms with E-state index in [0.717, 1.165) is 6.54 Å². The molecule has 2 aromatic heterocycles. The molecule has 0 fully saturated rings. The van der Waals surface area contributed by atoms with E-state index in [1.54, 1.807) is 36.8 Å². The summed E-state index contributed by atoms with van der Waals surface area (Å²) < 4.78 is 1.88. The Morgan fingerprint density at radius 2 is 2.19 bits per heavy atom. The molecule has 0 aliphatic carbocycles. The lowest BCUT2D eigenvalue weighted by atomic mass is 10.0. The number of phenolic OH excluding ortho intramolecular Hbond substituents is 1. The summed E-state index contributed by atoms with van der Waals surface area (Å²) >= 11 is 0. The third-order valence-corrected chi connectivity index (χ3v) is 3.29. The Labute approximate surface area is 121 Å². The van der Waals surface area contributed by atoms with Gasteiger partial charge in [-0.05, 0) is 25.1 Å². The monoisotopic (exact) mass is 282 g/mol. The molecule has 2 N–H and O–H groups in total. The predicted octanol–water partition coefficient (Wildman–Crippen LogP) is 2.23. The average Bonchev–Trinajstić information content (AvgIpc) is 3.15. The van der Waals surface area contributed by atoms with Crippen molar-refractivity contribution in [3.8, 4) is 17.3 Å². The molecule has 0 saturated heterocycles. The molecule has 21 heavy (non-hydrogen) atoms. The normalized spacial score (nSPS) is 10.7. The highest BCUT2D eigenvalue weighted by atomic mass is 16.3. The lowest BCUT2D eigenvalue weighted by Gasteiger charge is -2.01. The molecule has 6 nitrogen and oxygen atoms in total. The number of aryl methyl sites for hydroxylation is 1. The standard InChI is InChI=1S/C15H14N4O2/c1-2-19-9-17-18-15(19)12-7-10(8-16-12)14(21)11-5-3-4-6-13(11)20/h3-9,16,20H,2H2,1H3. The van der Waals surface area contributed by atoms with Gasteiger partial charge in [0.1, 0.15) is 12.1 Å². The van der Waals surface area contributed by atoms with Gasteiger partial charge in [0.05, 0.1) is 11.3 Å². The molecular weight excluding hydrogens is 268 g/mol. The van der Waals surface area contributed by atoms with Crippen LogP contribution >= 0.6 is 0 Å². The van der Waals surface area contributed by atoms with Crippen LogP contribution in [0.4, 0.5) is 0 Å². The number of hydrogen-bond acceptors (Lipinski definition) is 4. The smallest absolute Gasteiger partial charge is 0.198 e. The number of carbonyl (C=O) groups is 1. The summed E-state index contributed by atoms with van der Waals surface area (Å²) in [6.45, 7) is 2.73. The molecule has 0 saturated carbocycles. The van der Waals surface area contributed by atoms with Gasteiger partial charge in [-0.25, -0.2) is 0 Å². The molecule has 106 valence electrons. The molecule has 0 bridgehead atoms. The van der Waals surface area contributed by atoms with Crippen molar-refractivity contribution < 1.29 is 9.90 Å². The van der Waals surface area contributed by atoms with Crippen LogP contribution in [0.25, 0.3) is 11.5 Å². The van der Waals surface area contributed by atoms with Gasteiger partial charge in [-0.2, -0.15) is 0 Å². The third kappa shape index (κ3) is 2.31. The van der Waals surface area contributed by atoms with Crippen LogP contribution in [0.15, 0.2) is 42.9 Å². The van der Waals surface area contributed by atoms with Crippen LogP contribution in [0.1, 0.15) is 22.8 Å². The molecule has 0 atom stereocenters. The van der Waals surface area contributed by atoms with Gasteiger partial charge in [0.25, 0.3) is 0 Å². The second-order valence-corrected chi connectivity index (χ2v) is 4.59. The zero-order chi connectivity index (χ0) is 14.8. The topological polar surface area (TPSA) is 83.8 Å². The van der Waals surface area contributed by atoms with Gasteiger partial charge in [-0.1, -0.05) is 12.1 Å². The van der Waals surface area contributed by atoms with Gasteiger partial charge in [0.2, 0.25) is 0 Å². The molecule has 1 aromatic carbocycles. The van der Waals surface area contributed by atoms with E-state index in [0.29, 0.717) is 17.1 Å². The predicted molar refractivity (Wildman–Crippen MR) is 77.0 cm³/mol. The number of aromatic hydroxyl groups is 1. The van der Waals surface area contributed by atoms with Crippen molar-refractivity contribution in [2.24, 2.45) is 0 Å². The second-order valence-electron chi connectivity index (χ2n) is 4.59. The highest BCUT2D eigenvalue weighted by Gasteiger charge is 2.16. The van der Waals surface area contributed by atoms with Crippen LogP contribution in [-0.2, 0) is 6.54 Å². The van der Waals surface area contributed by atoms with Gasteiger partial charge in [-0.15, -0.1) is 10.2 Å². The molecule has 3 aromatic rings. The van der Waals surface area contributed by atoms with Crippen LogP contribution in [0.2, 0.25) is 0 Å². The van der Waals surface area contributed by atoms with E-state index < -0.39 is 0 Å². The average molecular weight is 282 g/mol. The lowest BCUT2D eigenvalue weighted by Crippen LogP contribution is -1.99. The molecule has 0 aliphatic heterocycles. The summed E-state index contributed by atoms with van der Waals surface area (Å²) in [6, 6.07) is 8.20. The SMILES string of the molecule is CCn1cnnc1-c1cc(C(=O)c2ccccc2O)c[nH]1. The number of H-pyrrole nitrogens is 1. The molecule has 0 unspecified atom stereocenters. The molecule has 0 aliphatic rings. The Morgan fingerprint density at radius 3 is 2.95 bits per heavy atom. The van der Waals surface area contributed by atoms with Crippen molar-refractivity contribution in [2.75, 3.05) is 0 Å². The maximum Gasteiger partial charge on any atom is 0.198 e. The number of rotatable bonds is 4. The Morgan fingerprint density at radius 1 is 1.38 bits per heavy atom. The first kappa shape index (κ1) is 13.1. The molecule has 0 amide bonds. The van der Waals surface area contributed by atoms with Gasteiger partial charge >= 0.3 is 0 Å². The fourth-order valence-electron chi connectivity index (χ4n) is 2.17. The highest BCUT2D eigenvalue weighted by Crippen LogP contribution is 2.22. The van der Waals surface area contributed by atoms with E-state index in [1.165, 1.54) is 6.07 Å². The number of para-hydroxylation sites is 1. The van der Waals surface area contributed by atoms with Crippen molar-refractivity contribution in [1.29, 1.82) is 0 Å². The molecule has 2 heterocycles. The number of aromatic amines is 1. The molecule has 0 spiro atoms. The number of aromatic nitrogens is 4. The van der Waals surface area contributed by atoms with E-state index in [9.17, 15) is 9.90 Å². The third-order valence-electron chi connectivity index (χ3n) is 3.29. The van der Waals surface area contributed by atoms with Crippen molar-refractivity contribution in [3.05, 3.63) is 54.0 Å². The number of benzene rings is 1. The van der Waals surface area contributed by atoms with E-state index in [2.05, 4.69) is 15.2 Å². The van der Waals surface area contributed by atoms with Crippen molar-refractivity contribution in [2.45, 2.75) is 13.5 Å². The van der Waals surface area contributed by atoms with Crippen LogP contribution in [0.5, 0.6) is 5.75 Å². The van der Waals surface area contributed by atoms with Crippen LogP contribution < -0.4 is 0 Å². The number of phenols is 1. The summed E-state index contributed by atoms with van der Waals surface area (Å²) in [4.78, 5) is 15.4. The molecule has 6 heteroatoms. The fourth-order valence-corrected chi connectivity index (χ4v) is 2.17. The van der Waals surface area contributed by atoms with E-state index in [1.807, 2.05) is 11.5 Å². The van der Waals surface area contributed by atoms with Crippen molar-refractivity contribution in [1.82, 2.24) is 19.7 Å². The first-order valence-corrected chi connectivity index (χ1v) is 6.60. The van der Waals surface area contributed by atoms with Crippen LogP contribution in [0, 0.1) is 0 Å². The van der Waals surface area contributed by atoms with Crippen LogP contribution in [-0.4, -0.2) is 30.6 Å². The van der Waals surface area contributed by atoms with Gasteiger partial charge in [-0.3, -0.25) is 4.79 Å². The number of hydrogen-bond donors (Lipinski definition) is 2. The summed E-state index contributed by atoms with van der Waals surface area (Å²) in [5.41, 5.74) is 1.46. The van der Waals surface area contributed by atoms with Gasteiger partial charge in [0.15, 0.2) is 11.6 Å². The second kappa shape index (κ2) is 5.24. The molecular formula is C15H14N4O2. The summed E-state index contributed by atoms with van der Waals surface area (Å²) in [5.74, 6) is 0.411. The quantitative estimate of drug-likeness (QED) is 0.719. The van der Waals surface area contributed by atoms with Crippen molar-refractivity contribution >= 4 is 5.78 Å². The first-order valence-electron chi connectivity index (χ1n) is 6.60. The Balaban J connectivity index is 1.96. The fraction of sp³-hybridized carbons (Fsp3) is 0.133. The number of carbonyl (C=O) groups excluding carboxylic acids is 1. The summed E-state index contributed by atoms with van der Waals surface area (Å²) in [7, 11) is 0. The van der Waals surface area contributed by atoms with Crippen molar-refractivity contribution in [3.63, 3.8) is 0 Å². The minimum atomic E-state index is -0.238. The van der Waals surface area contributed by atoms with E-state index >= 15 is 0 Å². The van der Waals surface area contributed by atoms with Gasteiger partial charge < -0.3 is 14.7 Å². The molecule has 0 radical (unpaired) electrons. The van der Waals surface area contributed by atoms with Crippen LogP contribution in [0.3, 0.4) is 0 Å². The largest absolute Gasteiger partial charge is 0.507 e.